The predicted octanol–water partition coefficient (Wildman–Crippen LogP) is 1.77. The first-order valence-electron chi connectivity index (χ1n) is 6.52. The second-order valence-corrected chi connectivity index (χ2v) is 5.64. The quantitative estimate of drug-likeness (QED) is 0.791. The van der Waals surface area contributed by atoms with E-state index in [1.807, 2.05) is 17.9 Å². The molecule has 1 amide bonds. The van der Waals surface area contributed by atoms with Gasteiger partial charge >= 0.3 is 0 Å². The third-order valence-electron chi connectivity index (χ3n) is 3.73. The van der Waals surface area contributed by atoms with Crippen LogP contribution in [0.3, 0.4) is 0 Å². The minimum Gasteiger partial charge on any atom is -0.332 e. The van der Waals surface area contributed by atoms with E-state index in [0.29, 0.717) is 12.6 Å². The molecule has 106 valence electrons. The molecule has 0 N–H and O–H groups in total. The fraction of sp³-hybridized carbons (Fsp3) is 0.500. The van der Waals surface area contributed by atoms with Gasteiger partial charge in [-0.3, -0.25) is 9.69 Å². The van der Waals surface area contributed by atoms with Gasteiger partial charge in [-0.25, -0.2) is 4.98 Å². The van der Waals surface area contributed by atoms with E-state index in [0.717, 1.165) is 6.54 Å². The van der Waals surface area contributed by atoms with Crippen LogP contribution in [0, 0.1) is 11.3 Å². The highest BCUT2D eigenvalue weighted by atomic mass is 35.5. The van der Waals surface area contributed by atoms with E-state index in [1.165, 1.54) is 0 Å². The minimum absolute atomic E-state index is 0.0901. The van der Waals surface area contributed by atoms with Crippen molar-refractivity contribution >= 4 is 17.5 Å². The number of nitrogens with zero attached hydrogens (tertiary/aromatic N) is 4. The minimum atomic E-state index is -0.148. The molecule has 1 aromatic heterocycles. The summed E-state index contributed by atoms with van der Waals surface area (Å²) in [6.07, 6.45) is 0. The monoisotopic (exact) mass is 292 g/mol. The molecule has 0 aliphatic carbocycles. The van der Waals surface area contributed by atoms with Crippen molar-refractivity contribution in [3.05, 3.63) is 28.5 Å². The van der Waals surface area contributed by atoms with E-state index in [4.69, 9.17) is 16.9 Å². The third-order valence-corrected chi connectivity index (χ3v) is 4.03. The zero-order chi connectivity index (χ0) is 14.9. The predicted molar refractivity (Wildman–Crippen MR) is 76.6 cm³/mol. The average Bonchev–Trinajstić information content (AvgIpc) is 2.42. The van der Waals surface area contributed by atoms with Crippen LogP contribution in [0.25, 0.3) is 0 Å². The number of nitriles is 1. The van der Waals surface area contributed by atoms with Crippen molar-refractivity contribution in [2.24, 2.45) is 0 Å². The Bertz CT molecular complexity index is 569. The van der Waals surface area contributed by atoms with Crippen molar-refractivity contribution in [2.45, 2.75) is 25.9 Å². The molecule has 20 heavy (non-hydrogen) atoms. The number of carbonyl (C=O) groups is 1. The lowest BCUT2D eigenvalue weighted by Crippen LogP contribution is -2.56. The van der Waals surface area contributed by atoms with Crippen LogP contribution in [0.5, 0.6) is 0 Å². The lowest BCUT2D eigenvalue weighted by Gasteiger charge is -2.42. The molecule has 0 spiro atoms. The Morgan fingerprint density at radius 3 is 2.75 bits per heavy atom. The standard InChI is InChI=1S/C14H17ClN4O/c1-9-8-19(10(2)7-18(9)3)14(20)12-5-4-11(15)13(6-16)17-12/h4-5,9-10H,7-8H2,1-3H3. The van der Waals surface area contributed by atoms with Crippen LogP contribution in [0.2, 0.25) is 5.02 Å². The van der Waals surface area contributed by atoms with Crippen LogP contribution < -0.4 is 0 Å². The molecular weight excluding hydrogens is 276 g/mol. The Hall–Kier alpha value is -1.64. The first-order valence-corrected chi connectivity index (χ1v) is 6.89. The highest BCUT2D eigenvalue weighted by Crippen LogP contribution is 2.18. The second kappa shape index (κ2) is 5.78. The molecule has 2 atom stereocenters. The second-order valence-electron chi connectivity index (χ2n) is 5.23. The molecule has 5 nitrogen and oxygen atoms in total. The fourth-order valence-corrected chi connectivity index (χ4v) is 2.52. The van der Waals surface area contributed by atoms with Gasteiger partial charge in [0.25, 0.3) is 5.91 Å². The maximum Gasteiger partial charge on any atom is 0.272 e. The van der Waals surface area contributed by atoms with Crippen LogP contribution in [0.1, 0.15) is 30.0 Å². The highest BCUT2D eigenvalue weighted by Gasteiger charge is 2.31. The molecule has 6 heteroatoms. The van der Waals surface area contributed by atoms with Crippen LogP contribution in [-0.2, 0) is 0 Å². The van der Waals surface area contributed by atoms with E-state index >= 15 is 0 Å². The van der Waals surface area contributed by atoms with Crippen LogP contribution in [0.4, 0.5) is 0 Å². The van der Waals surface area contributed by atoms with Gasteiger partial charge in [0, 0.05) is 25.2 Å². The van der Waals surface area contributed by atoms with Gasteiger partial charge in [-0.05, 0) is 33.0 Å². The van der Waals surface area contributed by atoms with Gasteiger partial charge in [-0.1, -0.05) is 11.6 Å². The molecule has 0 aromatic carbocycles. The van der Waals surface area contributed by atoms with Crippen molar-refractivity contribution < 1.29 is 4.79 Å². The number of likely N-dealkylation sites (N-methyl/N-ethyl adjacent to an activating group) is 1. The van der Waals surface area contributed by atoms with Crippen molar-refractivity contribution in [1.29, 1.82) is 5.26 Å². The summed E-state index contributed by atoms with van der Waals surface area (Å²) < 4.78 is 0. The van der Waals surface area contributed by atoms with Gasteiger partial charge in [0.2, 0.25) is 0 Å². The molecule has 2 rings (SSSR count). The van der Waals surface area contributed by atoms with Crippen molar-refractivity contribution in [2.75, 3.05) is 20.1 Å². The molecular formula is C14H17ClN4O. The molecule has 0 bridgehead atoms. The Balaban J connectivity index is 2.25. The number of hydrogen-bond acceptors (Lipinski definition) is 4. The summed E-state index contributed by atoms with van der Waals surface area (Å²) in [5.41, 5.74) is 0.363. The lowest BCUT2D eigenvalue weighted by atomic mass is 10.1. The molecule has 0 radical (unpaired) electrons. The highest BCUT2D eigenvalue weighted by molar-refractivity contribution is 6.31. The first-order chi connectivity index (χ1) is 9.43. The Morgan fingerprint density at radius 2 is 2.10 bits per heavy atom. The number of halogens is 1. The number of rotatable bonds is 1. The average molecular weight is 293 g/mol. The van der Waals surface area contributed by atoms with Crippen LogP contribution in [-0.4, -0.2) is 52.9 Å². The van der Waals surface area contributed by atoms with Gasteiger partial charge in [0.15, 0.2) is 5.69 Å². The Labute approximate surface area is 123 Å². The number of amides is 1. The number of hydrogen-bond donors (Lipinski definition) is 0. The summed E-state index contributed by atoms with van der Waals surface area (Å²) in [6.45, 7) is 5.58. The van der Waals surface area contributed by atoms with E-state index in [2.05, 4.69) is 23.9 Å². The summed E-state index contributed by atoms with van der Waals surface area (Å²) in [7, 11) is 2.05. The zero-order valence-electron chi connectivity index (χ0n) is 11.8. The molecule has 1 saturated heterocycles. The van der Waals surface area contributed by atoms with Gasteiger partial charge in [-0.15, -0.1) is 0 Å². The largest absolute Gasteiger partial charge is 0.332 e. The van der Waals surface area contributed by atoms with Gasteiger partial charge in [0.1, 0.15) is 11.8 Å². The topological polar surface area (TPSA) is 60.2 Å². The normalized spacial score (nSPS) is 23.4. The summed E-state index contributed by atoms with van der Waals surface area (Å²) >= 11 is 5.84. The van der Waals surface area contributed by atoms with E-state index in [1.54, 1.807) is 12.1 Å². The smallest absolute Gasteiger partial charge is 0.272 e. The molecule has 0 saturated carbocycles. The molecule has 2 unspecified atom stereocenters. The van der Waals surface area contributed by atoms with E-state index in [9.17, 15) is 4.79 Å². The zero-order valence-corrected chi connectivity index (χ0v) is 12.6. The lowest BCUT2D eigenvalue weighted by molar-refractivity contribution is 0.0392. The van der Waals surface area contributed by atoms with Crippen LogP contribution >= 0.6 is 11.6 Å². The fourth-order valence-electron chi connectivity index (χ4n) is 2.37. The summed E-state index contributed by atoms with van der Waals surface area (Å²) in [5.74, 6) is -0.148. The molecule has 1 aliphatic rings. The van der Waals surface area contributed by atoms with Crippen molar-refractivity contribution in [1.82, 2.24) is 14.8 Å². The van der Waals surface area contributed by atoms with E-state index in [-0.39, 0.29) is 28.4 Å². The van der Waals surface area contributed by atoms with Crippen molar-refractivity contribution in [3.8, 4) is 6.07 Å². The Kier molecular flexibility index (Phi) is 4.26. The number of aromatic nitrogens is 1. The number of carbonyl (C=O) groups excluding carboxylic acids is 1. The third kappa shape index (κ3) is 2.77. The van der Waals surface area contributed by atoms with Gasteiger partial charge in [-0.2, -0.15) is 5.26 Å². The maximum absolute atomic E-state index is 12.5. The Morgan fingerprint density at radius 1 is 1.40 bits per heavy atom. The molecule has 2 heterocycles. The number of pyridine rings is 1. The van der Waals surface area contributed by atoms with Crippen LogP contribution in [0.15, 0.2) is 12.1 Å². The summed E-state index contributed by atoms with van der Waals surface area (Å²) in [6, 6.07) is 5.44. The summed E-state index contributed by atoms with van der Waals surface area (Å²) in [4.78, 5) is 20.6. The van der Waals surface area contributed by atoms with Crippen molar-refractivity contribution in [3.63, 3.8) is 0 Å². The summed E-state index contributed by atoms with van der Waals surface area (Å²) in [5, 5.41) is 9.20. The number of piperazine rings is 1. The molecule has 1 fully saturated rings. The molecule has 1 aliphatic heterocycles. The molecule has 1 aromatic rings. The van der Waals surface area contributed by atoms with Gasteiger partial charge < -0.3 is 4.90 Å². The maximum atomic E-state index is 12.5. The SMILES string of the molecule is CC1CN(C(=O)c2ccc(Cl)c(C#N)n2)C(C)CN1C. The van der Waals surface area contributed by atoms with Gasteiger partial charge in [0.05, 0.1) is 5.02 Å². The van der Waals surface area contributed by atoms with E-state index < -0.39 is 0 Å². The first kappa shape index (κ1) is 14.8.